The SMILES string of the molecule is CCCOC(=O)Oc1c2ccc(Cl)cc2cc2cccc(Cl)c12. The van der Waals surface area contributed by atoms with Gasteiger partial charge in [-0.3, -0.25) is 0 Å². The number of benzene rings is 3. The molecule has 0 N–H and O–H groups in total. The zero-order chi connectivity index (χ0) is 16.4. The van der Waals surface area contributed by atoms with Gasteiger partial charge in [-0.2, -0.15) is 0 Å². The molecule has 0 aliphatic heterocycles. The fraction of sp³-hybridized carbons (Fsp3) is 0.167. The third kappa shape index (κ3) is 3.21. The standard InChI is InChI=1S/C18H14Cl2O3/c1-2-8-22-18(21)23-17-14-7-6-13(19)10-12(14)9-11-4-3-5-15(20)16(11)17/h3-7,9-10H,2,8H2,1H3. The quantitative estimate of drug-likeness (QED) is 0.320. The Hall–Kier alpha value is -1.97. The molecule has 0 aliphatic rings. The highest BCUT2D eigenvalue weighted by Gasteiger charge is 2.16. The second kappa shape index (κ2) is 6.65. The van der Waals surface area contributed by atoms with Crippen LogP contribution in [0.15, 0.2) is 42.5 Å². The Morgan fingerprint density at radius 2 is 1.91 bits per heavy atom. The van der Waals surface area contributed by atoms with E-state index in [-0.39, 0.29) is 0 Å². The lowest BCUT2D eigenvalue weighted by atomic mass is 10.0. The van der Waals surface area contributed by atoms with Gasteiger partial charge in [-0.25, -0.2) is 4.79 Å². The maximum absolute atomic E-state index is 11.9. The molecule has 5 heteroatoms. The van der Waals surface area contributed by atoms with Crippen molar-refractivity contribution >= 4 is 50.9 Å². The predicted molar refractivity (Wildman–Crippen MR) is 93.7 cm³/mol. The maximum atomic E-state index is 11.9. The molecular formula is C18H14Cl2O3. The number of hydrogen-bond donors (Lipinski definition) is 0. The molecule has 0 aromatic heterocycles. The van der Waals surface area contributed by atoms with Crippen LogP contribution in [0.1, 0.15) is 13.3 Å². The van der Waals surface area contributed by atoms with Crippen LogP contribution >= 0.6 is 23.2 Å². The molecule has 0 unspecified atom stereocenters. The van der Waals surface area contributed by atoms with Gasteiger partial charge in [0.05, 0.1) is 11.6 Å². The summed E-state index contributed by atoms with van der Waals surface area (Å²) in [5.41, 5.74) is 0. The number of hydrogen-bond acceptors (Lipinski definition) is 3. The van der Waals surface area contributed by atoms with Crippen molar-refractivity contribution in [1.29, 1.82) is 0 Å². The van der Waals surface area contributed by atoms with Crippen LogP contribution in [0, 0.1) is 0 Å². The van der Waals surface area contributed by atoms with Crippen LogP contribution in [0.2, 0.25) is 10.0 Å². The molecule has 0 fully saturated rings. The van der Waals surface area contributed by atoms with E-state index in [2.05, 4.69) is 0 Å². The number of fused-ring (bicyclic) bond motifs is 2. The van der Waals surface area contributed by atoms with Gasteiger partial charge in [-0.1, -0.05) is 42.3 Å². The Kier molecular flexibility index (Phi) is 4.60. The minimum atomic E-state index is -0.740. The zero-order valence-corrected chi connectivity index (χ0v) is 13.9. The first kappa shape index (κ1) is 15.9. The first-order valence-electron chi connectivity index (χ1n) is 7.25. The molecule has 0 spiro atoms. The summed E-state index contributed by atoms with van der Waals surface area (Å²) < 4.78 is 10.5. The van der Waals surface area contributed by atoms with E-state index in [1.54, 1.807) is 12.1 Å². The summed E-state index contributed by atoms with van der Waals surface area (Å²) in [6.07, 6.45) is -0.0163. The van der Waals surface area contributed by atoms with Crippen molar-refractivity contribution in [1.82, 2.24) is 0 Å². The second-order valence-electron chi connectivity index (χ2n) is 5.11. The topological polar surface area (TPSA) is 35.5 Å². The lowest BCUT2D eigenvalue weighted by molar-refractivity contribution is 0.100. The summed E-state index contributed by atoms with van der Waals surface area (Å²) in [5, 5.41) is 4.29. The smallest absolute Gasteiger partial charge is 0.434 e. The van der Waals surface area contributed by atoms with Crippen LogP contribution in [0.3, 0.4) is 0 Å². The maximum Gasteiger partial charge on any atom is 0.513 e. The van der Waals surface area contributed by atoms with E-state index < -0.39 is 6.16 Å². The average molecular weight is 349 g/mol. The highest BCUT2D eigenvalue weighted by Crippen LogP contribution is 2.39. The first-order chi connectivity index (χ1) is 11.1. The van der Waals surface area contributed by atoms with E-state index >= 15 is 0 Å². The summed E-state index contributed by atoms with van der Waals surface area (Å²) in [6, 6.07) is 12.9. The van der Waals surface area contributed by atoms with Crippen LogP contribution in [0.4, 0.5) is 4.79 Å². The number of carbonyl (C=O) groups excluding carboxylic acids is 1. The van der Waals surface area contributed by atoms with E-state index in [1.165, 1.54) is 0 Å². The third-order valence-corrected chi connectivity index (χ3v) is 4.00. The van der Waals surface area contributed by atoms with Gasteiger partial charge in [0.25, 0.3) is 0 Å². The molecule has 3 aromatic rings. The fourth-order valence-corrected chi connectivity index (χ4v) is 2.92. The number of carbonyl (C=O) groups is 1. The van der Waals surface area contributed by atoms with Crippen molar-refractivity contribution < 1.29 is 14.3 Å². The van der Waals surface area contributed by atoms with Gasteiger partial charge >= 0.3 is 6.16 Å². The van der Waals surface area contributed by atoms with Gasteiger partial charge in [0.15, 0.2) is 5.75 Å². The van der Waals surface area contributed by atoms with Gasteiger partial charge in [0.1, 0.15) is 0 Å². The Morgan fingerprint density at radius 3 is 2.70 bits per heavy atom. The van der Waals surface area contributed by atoms with Crippen molar-refractivity contribution in [2.24, 2.45) is 0 Å². The molecule has 0 bridgehead atoms. The Bertz CT molecular complexity index is 889. The largest absolute Gasteiger partial charge is 0.513 e. The number of halogens is 2. The van der Waals surface area contributed by atoms with Crippen molar-refractivity contribution in [2.45, 2.75) is 13.3 Å². The van der Waals surface area contributed by atoms with Gasteiger partial charge in [-0.05, 0) is 47.5 Å². The van der Waals surface area contributed by atoms with E-state index in [0.717, 1.165) is 22.6 Å². The summed E-state index contributed by atoms with van der Waals surface area (Å²) in [5.74, 6) is 0.390. The van der Waals surface area contributed by atoms with Crippen molar-refractivity contribution in [2.75, 3.05) is 6.61 Å². The number of ether oxygens (including phenoxy) is 2. The molecule has 118 valence electrons. The van der Waals surface area contributed by atoms with E-state index in [9.17, 15) is 4.79 Å². The van der Waals surface area contributed by atoms with Crippen LogP contribution in [-0.2, 0) is 4.74 Å². The number of rotatable bonds is 3. The normalized spacial score (nSPS) is 10.9. The predicted octanol–water partition coefficient (Wildman–Crippen LogP) is 6.23. The lowest BCUT2D eigenvalue weighted by Gasteiger charge is -2.13. The third-order valence-electron chi connectivity index (χ3n) is 3.45. The summed E-state index contributed by atoms with van der Waals surface area (Å²) in [4.78, 5) is 11.9. The minimum Gasteiger partial charge on any atom is -0.434 e. The molecule has 3 nitrogen and oxygen atoms in total. The van der Waals surface area contributed by atoms with Gasteiger partial charge in [0.2, 0.25) is 0 Å². The fourth-order valence-electron chi connectivity index (χ4n) is 2.47. The summed E-state index contributed by atoms with van der Waals surface area (Å²) in [6.45, 7) is 2.22. The molecule has 0 atom stereocenters. The lowest BCUT2D eigenvalue weighted by Crippen LogP contribution is -2.11. The molecule has 0 amide bonds. The highest BCUT2D eigenvalue weighted by molar-refractivity contribution is 6.37. The Labute approximate surface area is 143 Å². The molecule has 0 radical (unpaired) electrons. The molecule has 23 heavy (non-hydrogen) atoms. The van der Waals surface area contributed by atoms with Crippen molar-refractivity contribution in [3.8, 4) is 5.75 Å². The monoisotopic (exact) mass is 348 g/mol. The van der Waals surface area contributed by atoms with Gasteiger partial charge in [0, 0.05) is 15.8 Å². The van der Waals surface area contributed by atoms with Crippen molar-refractivity contribution in [3.63, 3.8) is 0 Å². The molecule has 3 aromatic carbocycles. The molecule has 0 saturated heterocycles. The second-order valence-corrected chi connectivity index (χ2v) is 5.95. The average Bonchev–Trinajstić information content (AvgIpc) is 2.52. The van der Waals surface area contributed by atoms with E-state index in [1.807, 2.05) is 37.3 Å². The minimum absolute atomic E-state index is 0.307. The molecule has 0 heterocycles. The van der Waals surface area contributed by atoms with Crippen LogP contribution in [-0.4, -0.2) is 12.8 Å². The zero-order valence-electron chi connectivity index (χ0n) is 12.4. The molecule has 0 saturated carbocycles. The van der Waals surface area contributed by atoms with E-state index in [0.29, 0.717) is 27.8 Å². The van der Waals surface area contributed by atoms with Crippen LogP contribution < -0.4 is 4.74 Å². The van der Waals surface area contributed by atoms with Crippen LogP contribution in [0.5, 0.6) is 5.75 Å². The van der Waals surface area contributed by atoms with Gasteiger partial charge < -0.3 is 9.47 Å². The Morgan fingerprint density at radius 1 is 1.09 bits per heavy atom. The highest BCUT2D eigenvalue weighted by atomic mass is 35.5. The van der Waals surface area contributed by atoms with Crippen LogP contribution in [0.25, 0.3) is 21.5 Å². The van der Waals surface area contributed by atoms with E-state index in [4.69, 9.17) is 32.7 Å². The van der Waals surface area contributed by atoms with Crippen molar-refractivity contribution in [3.05, 3.63) is 52.5 Å². The molecular weight excluding hydrogens is 335 g/mol. The molecule has 3 rings (SSSR count). The summed E-state index contributed by atoms with van der Waals surface area (Å²) >= 11 is 12.4. The van der Waals surface area contributed by atoms with Gasteiger partial charge in [-0.15, -0.1) is 0 Å². The molecule has 0 aliphatic carbocycles. The first-order valence-corrected chi connectivity index (χ1v) is 8.01. The summed E-state index contributed by atoms with van der Waals surface area (Å²) in [7, 11) is 0. The Balaban J connectivity index is 2.22.